The van der Waals surface area contributed by atoms with Crippen molar-refractivity contribution in [2.24, 2.45) is 0 Å². The molecule has 1 unspecified atom stereocenters. The van der Waals surface area contributed by atoms with Gasteiger partial charge in [0, 0.05) is 12.5 Å². The zero-order chi connectivity index (χ0) is 16.1. The molecule has 24 heavy (non-hydrogen) atoms. The van der Waals surface area contributed by atoms with Gasteiger partial charge in [-0.15, -0.1) is 5.70 Å². The first kappa shape index (κ1) is 23.0. The van der Waals surface area contributed by atoms with Crippen LogP contribution in [-0.2, 0) is 4.79 Å². The maximum atomic E-state index is 14.2. The summed E-state index contributed by atoms with van der Waals surface area (Å²) in [6.07, 6.45) is 6.87. The third-order valence-corrected chi connectivity index (χ3v) is 4.18. The molecule has 5 heteroatoms. The SMILES string of the molecule is C=CN1CC(c2cccc(N)c2F)CC/C1=C(\[C-]=O)CCC.[CH3-].[U+2]. The molecule has 1 aliphatic heterocycles. The topological polar surface area (TPSA) is 46.3 Å². The van der Waals surface area contributed by atoms with Crippen molar-refractivity contribution in [1.29, 1.82) is 0 Å². The van der Waals surface area contributed by atoms with E-state index in [1.54, 1.807) is 24.4 Å². The average Bonchev–Trinajstić information content (AvgIpc) is 2.55. The van der Waals surface area contributed by atoms with E-state index < -0.39 is 0 Å². The molecule has 1 fully saturated rings. The molecule has 0 radical (unpaired) electrons. The van der Waals surface area contributed by atoms with E-state index in [0.717, 1.165) is 25.0 Å². The minimum atomic E-state index is -0.334. The molecule has 1 aliphatic rings. The zero-order valence-corrected chi connectivity index (χ0v) is 18.6. The maximum absolute atomic E-state index is 14.2. The smallest absolute Gasteiger partial charge is 0.429 e. The number of nitrogen functional groups attached to an aromatic ring is 1. The first-order valence-corrected chi connectivity index (χ1v) is 7.65. The number of carbonyl (C=O) groups excluding carboxylic acids is 1. The number of likely N-dealkylation sites (tertiary alicyclic amines) is 1. The summed E-state index contributed by atoms with van der Waals surface area (Å²) < 4.78 is 14.2. The van der Waals surface area contributed by atoms with Crippen LogP contribution in [0.3, 0.4) is 0 Å². The van der Waals surface area contributed by atoms with Crippen molar-refractivity contribution >= 4 is 12.0 Å². The number of nitrogens with zero attached hydrogens (tertiary/aromatic N) is 1. The molecule has 0 bridgehead atoms. The van der Waals surface area contributed by atoms with Gasteiger partial charge in [0.05, 0.1) is 5.69 Å². The van der Waals surface area contributed by atoms with E-state index in [1.807, 2.05) is 11.8 Å². The summed E-state index contributed by atoms with van der Waals surface area (Å²) in [5.74, 6) is -0.292. The van der Waals surface area contributed by atoms with Crippen LogP contribution in [0.2, 0.25) is 0 Å². The molecule has 0 amide bonds. The number of rotatable bonds is 5. The average molecular weight is 554 g/mol. The van der Waals surface area contributed by atoms with Gasteiger partial charge in [-0.3, -0.25) is 0 Å². The molecule has 1 atom stereocenters. The Morgan fingerprint density at radius 3 is 2.83 bits per heavy atom. The number of benzene rings is 1. The van der Waals surface area contributed by atoms with E-state index in [1.165, 1.54) is 0 Å². The van der Waals surface area contributed by atoms with Crippen LogP contribution in [0.5, 0.6) is 0 Å². The number of piperidine rings is 1. The van der Waals surface area contributed by atoms with Crippen molar-refractivity contribution in [3.05, 3.63) is 61.1 Å². The van der Waals surface area contributed by atoms with Crippen LogP contribution in [0.1, 0.15) is 44.1 Å². The predicted octanol–water partition coefficient (Wildman–Crippen LogP) is 4.34. The third kappa shape index (κ3) is 4.97. The van der Waals surface area contributed by atoms with Gasteiger partial charge < -0.3 is 22.9 Å². The molecule has 1 aromatic rings. The van der Waals surface area contributed by atoms with Crippen molar-refractivity contribution in [2.45, 2.75) is 38.5 Å². The second-order valence-electron chi connectivity index (χ2n) is 5.60. The standard InChI is InChI=1S/C18H22FN2O.CH3.U/c1-3-6-14(12-22)17-10-9-13(11-21(17)4-2)15-7-5-8-16(20)18(15)19;;/h4-5,7-8,13H,2-3,6,9-11,20H2,1H3;1H3;/q2*-1;+2/b17-14+;;. The van der Waals surface area contributed by atoms with E-state index in [0.29, 0.717) is 24.1 Å². The molecular weight excluding hydrogens is 529 g/mol. The Morgan fingerprint density at radius 1 is 1.54 bits per heavy atom. The van der Waals surface area contributed by atoms with Crippen LogP contribution in [0.4, 0.5) is 10.1 Å². The van der Waals surface area contributed by atoms with Gasteiger partial charge >= 0.3 is 31.1 Å². The maximum Gasteiger partial charge on any atom is 2.00 e. The quantitative estimate of drug-likeness (QED) is 0.335. The molecule has 3 nitrogen and oxygen atoms in total. The van der Waals surface area contributed by atoms with E-state index in [2.05, 4.69) is 12.9 Å². The first-order valence-electron chi connectivity index (χ1n) is 7.65. The molecule has 1 saturated heterocycles. The number of allylic oxidation sites excluding steroid dienone is 2. The second kappa shape index (κ2) is 10.7. The van der Waals surface area contributed by atoms with Gasteiger partial charge in [-0.25, -0.2) is 4.39 Å². The molecule has 0 spiro atoms. The van der Waals surface area contributed by atoms with Crippen LogP contribution in [0.25, 0.3) is 0 Å². The molecule has 2 N–H and O–H groups in total. The summed E-state index contributed by atoms with van der Waals surface area (Å²) in [6, 6.07) is 5.13. The minimum absolute atomic E-state index is 0. The van der Waals surface area contributed by atoms with Crippen LogP contribution in [0, 0.1) is 44.4 Å². The summed E-state index contributed by atoms with van der Waals surface area (Å²) in [5.41, 5.74) is 8.14. The van der Waals surface area contributed by atoms with Crippen LogP contribution < -0.4 is 5.73 Å². The van der Waals surface area contributed by atoms with E-state index in [-0.39, 0.29) is 56.0 Å². The van der Waals surface area contributed by atoms with Crippen molar-refractivity contribution in [2.75, 3.05) is 12.3 Å². The van der Waals surface area contributed by atoms with Crippen molar-refractivity contribution in [3.8, 4) is 0 Å². The van der Waals surface area contributed by atoms with Gasteiger partial charge in [0.2, 0.25) is 0 Å². The van der Waals surface area contributed by atoms with Crippen molar-refractivity contribution in [1.82, 2.24) is 4.90 Å². The van der Waals surface area contributed by atoms with E-state index >= 15 is 0 Å². The van der Waals surface area contributed by atoms with Gasteiger partial charge in [0.25, 0.3) is 0 Å². The molecule has 1 heterocycles. The Kier molecular flexibility index (Phi) is 10.3. The van der Waals surface area contributed by atoms with Gasteiger partial charge in [-0.2, -0.15) is 5.57 Å². The molecule has 0 saturated carbocycles. The Labute approximate surface area is 168 Å². The van der Waals surface area contributed by atoms with E-state index in [4.69, 9.17) is 5.73 Å². The Balaban J connectivity index is 0.00000264. The van der Waals surface area contributed by atoms with Gasteiger partial charge in [-0.1, -0.05) is 51.3 Å². The van der Waals surface area contributed by atoms with Gasteiger partial charge in [-0.05, 0) is 24.1 Å². The van der Waals surface area contributed by atoms with Gasteiger partial charge in [0.1, 0.15) is 5.82 Å². The molecule has 1 aromatic carbocycles. The Hall–Kier alpha value is -1.05. The van der Waals surface area contributed by atoms with E-state index in [9.17, 15) is 9.18 Å². The molecular formula is C19H25FN2OU. The Morgan fingerprint density at radius 2 is 2.25 bits per heavy atom. The molecule has 0 aromatic heterocycles. The third-order valence-electron chi connectivity index (χ3n) is 4.18. The van der Waals surface area contributed by atoms with Crippen LogP contribution >= 0.6 is 0 Å². The van der Waals surface area contributed by atoms with Crippen molar-refractivity contribution in [3.63, 3.8) is 0 Å². The number of nitrogens with two attached hydrogens (primary N) is 1. The first-order chi connectivity index (χ1) is 10.6. The number of halogens is 1. The summed E-state index contributed by atoms with van der Waals surface area (Å²) in [5, 5.41) is 0. The number of anilines is 1. The van der Waals surface area contributed by atoms with Crippen LogP contribution in [0.15, 0.2) is 42.2 Å². The normalized spacial score (nSPS) is 18.9. The minimum Gasteiger partial charge on any atom is -0.429 e. The fourth-order valence-corrected chi connectivity index (χ4v) is 3.04. The number of hydrogen-bond acceptors (Lipinski definition) is 3. The summed E-state index contributed by atoms with van der Waals surface area (Å²) in [6.45, 7) is 6.46. The monoisotopic (exact) mass is 554 g/mol. The molecule has 2 rings (SSSR count). The predicted molar refractivity (Wildman–Crippen MR) is 93.7 cm³/mol. The summed E-state index contributed by atoms with van der Waals surface area (Å²) in [7, 11) is 0. The molecule has 0 aliphatic carbocycles. The van der Waals surface area contributed by atoms with Gasteiger partial charge in [0.15, 0.2) is 0 Å². The fraction of sp³-hybridized carbons (Fsp3) is 0.368. The van der Waals surface area contributed by atoms with Crippen molar-refractivity contribution < 1.29 is 40.3 Å². The summed E-state index contributed by atoms with van der Waals surface area (Å²) in [4.78, 5) is 13.1. The van der Waals surface area contributed by atoms with Crippen LogP contribution in [-0.4, -0.2) is 17.7 Å². The largest absolute Gasteiger partial charge is 2.00 e. The Bertz CT molecular complexity index is 601. The fourth-order valence-electron chi connectivity index (χ4n) is 3.04. The zero-order valence-electron chi connectivity index (χ0n) is 14.4. The molecule has 128 valence electrons. The summed E-state index contributed by atoms with van der Waals surface area (Å²) >= 11 is 0. The second-order valence-corrected chi connectivity index (χ2v) is 5.60. The number of hydrogen-bond donors (Lipinski definition) is 1.